The van der Waals surface area contributed by atoms with Crippen molar-refractivity contribution in [1.29, 1.82) is 0 Å². The van der Waals surface area contributed by atoms with Crippen LogP contribution in [0.3, 0.4) is 0 Å². The number of nitrogens with one attached hydrogen (secondary N) is 2. The Bertz CT molecular complexity index is 1020. The average Bonchev–Trinajstić information content (AvgIpc) is 3.20. The molecule has 0 spiro atoms. The highest BCUT2D eigenvalue weighted by Gasteiger charge is 2.11. The molecule has 0 atom stereocenters. The molecule has 128 valence electrons. The molecule has 0 saturated carbocycles. The molecule has 1 aromatic carbocycles. The maximum Gasteiger partial charge on any atom is 0.163 e. The van der Waals surface area contributed by atoms with Gasteiger partial charge in [0, 0.05) is 37.8 Å². The van der Waals surface area contributed by atoms with Gasteiger partial charge in [0.1, 0.15) is 12.4 Å². The Balaban J connectivity index is 1.56. The fourth-order valence-electron chi connectivity index (χ4n) is 3.05. The summed E-state index contributed by atoms with van der Waals surface area (Å²) >= 11 is 0. The van der Waals surface area contributed by atoms with Gasteiger partial charge in [-0.1, -0.05) is 18.2 Å². The number of hydrogen-bond acceptors (Lipinski definition) is 5. The van der Waals surface area contributed by atoms with Crippen LogP contribution in [-0.4, -0.2) is 38.4 Å². The lowest BCUT2D eigenvalue weighted by molar-refractivity contribution is 0.178. The van der Waals surface area contributed by atoms with Crippen LogP contribution < -0.4 is 5.32 Å². The van der Waals surface area contributed by atoms with E-state index in [-0.39, 0.29) is 0 Å². The Morgan fingerprint density at radius 3 is 2.96 bits per heavy atom. The molecule has 7 nitrogen and oxygen atoms in total. The summed E-state index contributed by atoms with van der Waals surface area (Å²) in [6, 6.07) is 8.33. The first kappa shape index (κ1) is 15.6. The van der Waals surface area contributed by atoms with E-state index in [0.717, 1.165) is 35.3 Å². The monoisotopic (exact) mass is 336 g/mol. The first-order valence-corrected chi connectivity index (χ1v) is 8.22. The fraction of sp³-hybridized carbons (Fsp3) is 0.278. The maximum atomic E-state index is 5.17. The number of anilines is 1. The molecule has 0 bridgehead atoms. The van der Waals surface area contributed by atoms with Crippen molar-refractivity contribution in [2.75, 3.05) is 19.0 Å². The first-order valence-electron chi connectivity index (χ1n) is 8.22. The minimum atomic E-state index is 0.373. The van der Waals surface area contributed by atoms with Crippen molar-refractivity contribution < 1.29 is 4.74 Å². The Labute approximate surface area is 145 Å². The van der Waals surface area contributed by atoms with Crippen LogP contribution in [0.25, 0.3) is 21.9 Å². The minimum absolute atomic E-state index is 0.373. The lowest BCUT2D eigenvalue weighted by Crippen LogP contribution is -2.09. The Hall–Kier alpha value is -2.93. The molecule has 4 aromatic rings. The van der Waals surface area contributed by atoms with Gasteiger partial charge >= 0.3 is 0 Å². The van der Waals surface area contributed by atoms with Crippen molar-refractivity contribution in [3.05, 3.63) is 48.0 Å². The van der Waals surface area contributed by atoms with Crippen LogP contribution in [0.1, 0.15) is 11.4 Å². The second-order valence-electron chi connectivity index (χ2n) is 5.96. The zero-order chi connectivity index (χ0) is 17.2. The molecule has 0 aliphatic rings. The van der Waals surface area contributed by atoms with Crippen LogP contribution in [0.4, 0.5) is 5.82 Å². The topological polar surface area (TPSA) is 80.6 Å². The molecule has 0 saturated heterocycles. The van der Waals surface area contributed by atoms with Crippen molar-refractivity contribution in [2.45, 2.75) is 13.0 Å². The van der Waals surface area contributed by atoms with Gasteiger partial charge in [-0.3, -0.25) is 4.68 Å². The molecule has 0 aliphatic heterocycles. The molecule has 3 heterocycles. The zero-order valence-corrected chi connectivity index (χ0v) is 14.3. The molecule has 4 rings (SSSR count). The number of aryl methyl sites for hydroxylation is 1. The third-order valence-electron chi connectivity index (χ3n) is 4.27. The Morgan fingerprint density at radius 1 is 1.20 bits per heavy atom. The van der Waals surface area contributed by atoms with Gasteiger partial charge < -0.3 is 15.0 Å². The number of fused-ring (bicyclic) bond motifs is 2. The summed E-state index contributed by atoms with van der Waals surface area (Å²) in [5.74, 6) is 1.44. The molecule has 0 fully saturated rings. The smallest absolute Gasteiger partial charge is 0.163 e. The van der Waals surface area contributed by atoms with Crippen LogP contribution in [0.5, 0.6) is 0 Å². The fourth-order valence-corrected chi connectivity index (χ4v) is 3.05. The third kappa shape index (κ3) is 2.94. The van der Waals surface area contributed by atoms with Crippen molar-refractivity contribution >= 4 is 27.8 Å². The van der Waals surface area contributed by atoms with E-state index < -0.39 is 0 Å². The van der Waals surface area contributed by atoms with Crippen molar-refractivity contribution in [3.63, 3.8) is 0 Å². The van der Waals surface area contributed by atoms with Gasteiger partial charge in [-0.2, -0.15) is 5.10 Å². The van der Waals surface area contributed by atoms with Gasteiger partial charge in [-0.05, 0) is 18.1 Å². The highest BCUT2D eigenvalue weighted by Crippen LogP contribution is 2.21. The predicted molar refractivity (Wildman–Crippen MR) is 97.5 cm³/mol. The zero-order valence-electron chi connectivity index (χ0n) is 14.3. The lowest BCUT2D eigenvalue weighted by Gasteiger charge is -2.08. The van der Waals surface area contributed by atoms with Gasteiger partial charge in [-0.15, -0.1) is 0 Å². The number of para-hydroxylation sites is 1. The van der Waals surface area contributed by atoms with E-state index in [1.54, 1.807) is 18.0 Å². The summed E-state index contributed by atoms with van der Waals surface area (Å²) in [6.07, 6.45) is 4.76. The molecule has 2 N–H and O–H groups in total. The van der Waals surface area contributed by atoms with Gasteiger partial charge in [0.15, 0.2) is 11.5 Å². The van der Waals surface area contributed by atoms with Crippen molar-refractivity contribution in [1.82, 2.24) is 24.7 Å². The van der Waals surface area contributed by atoms with Crippen LogP contribution in [0, 0.1) is 0 Å². The van der Waals surface area contributed by atoms with E-state index in [4.69, 9.17) is 4.74 Å². The summed E-state index contributed by atoms with van der Waals surface area (Å²) in [4.78, 5) is 12.4. The summed E-state index contributed by atoms with van der Waals surface area (Å²) in [7, 11) is 3.52. The highest BCUT2D eigenvalue weighted by atomic mass is 16.5. The maximum absolute atomic E-state index is 5.17. The van der Waals surface area contributed by atoms with Crippen LogP contribution >= 0.6 is 0 Å². The van der Waals surface area contributed by atoms with E-state index in [9.17, 15) is 0 Å². The molecule has 0 unspecified atom stereocenters. The third-order valence-corrected chi connectivity index (χ3v) is 4.27. The van der Waals surface area contributed by atoms with Crippen LogP contribution in [-0.2, 0) is 24.8 Å². The number of ether oxygens (including phenoxy) is 1. The number of aromatic nitrogens is 5. The molecule has 7 heteroatoms. The van der Waals surface area contributed by atoms with E-state index >= 15 is 0 Å². The summed E-state index contributed by atoms with van der Waals surface area (Å²) < 4.78 is 6.92. The predicted octanol–water partition coefficient (Wildman–Crippen LogP) is 2.65. The number of rotatable bonds is 6. The largest absolute Gasteiger partial charge is 0.377 e. The van der Waals surface area contributed by atoms with Crippen molar-refractivity contribution in [3.8, 4) is 0 Å². The van der Waals surface area contributed by atoms with E-state index in [1.807, 2.05) is 13.1 Å². The molecular formula is C18H20N6O. The molecule has 25 heavy (non-hydrogen) atoms. The summed E-state index contributed by atoms with van der Waals surface area (Å²) in [5.41, 5.74) is 3.25. The number of hydrogen-bond donors (Lipinski definition) is 2. The molecule has 0 aliphatic carbocycles. The molecule has 0 radical (unpaired) electrons. The van der Waals surface area contributed by atoms with Crippen LogP contribution in [0.2, 0.25) is 0 Å². The quantitative estimate of drug-likeness (QED) is 0.566. The average molecular weight is 336 g/mol. The normalized spacial score (nSPS) is 11.4. The van der Waals surface area contributed by atoms with E-state index in [1.165, 1.54) is 10.9 Å². The van der Waals surface area contributed by atoms with Crippen LogP contribution in [0.15, 0.2) is 36.7 Å². The van der Waals surface area contributed by atoms with E-state index in [2.05, 4.69) is 49.8 Å². The van der Waals surface area contributed by atoms with Gasteiger partial charge in [0.05, 0.1) is 11.6 Å². The molecule has 0 amide bonds. The summed E-state index contributed by atoms with van der Waals surface area (Å²) in [6.45, 7) is 1.15. The molecular weight excluding hydrogens is 316 g/mol. The Kier molecular flexibility index (Phi) is 4.07. The number of methoxy groups -OCH3 is 1. The van der Waals surface area contributed by atoms with E-state index in [0.29, 0.717) is 12.4 Å². The minimum Gasteiger partial charge on any atom is -0.377 e. The standard InChI is InChI=1S/C18H20N6O/c1-24-18-14(10-21-24)17(22-16(23-18)11-25-2)19-8-7-12-9-20-15-6-4-3-5-13(12)15/h3-6,9-10,20H,7-8,11H2,1-2H3,(H,19,22,23). The van der Waals surface area contributed by atoms with Gasteiger partial charge in [-0.25, -0.2) is 9.97 Å². The van der Waals surface area contributed by atoms with Crippen molar-refractivity contribution in [2.24, 2.45) is 7.05 Å². The number of aromatic amines is 1. The molecule has 3 aromatic heterocycles. The SMILES string of the molecule is COCc1nc(NCCc2c[nH]c3ccccc23)c2cnn(C)c2n1. The second-order valence-corrected chi connectivity index (χ2v) is 5.96. The number of benzene rings is 1. The first-order chi connectivity index (χ1) is 12.3. The Morgan fingerprint density at radius 2 is 2.08 bits per heavy atom. The highest BCUT2D eigenvalue weighted by molar-refractivity contribution is 5.86. The van der Waals surface area contributed by atoms with Gasteiger partial charge in [0.2, 0.25) is 0 Å². The van der Waals surface area contributed by atoms with Gasteiger partial charge in [0.25, 0.3) is 0 Å². The second kappa shape index (κ2) is 6.52. The number of H-pyrrole nitrogens is 1. The number of nitrogens with zero attached hydrogens (tertiary/aromatic N) is 4. The lowest BCUT2D eigenvalue weighted by atomic mass is 10.1. The summed E-state index contributed by atoms with van der Waals surface area (Å²) in [5, 5.41) is 9.89.